The number of aliphatic hydroxyl groups excluding tert-OH is 2. The van der Waals surface area contributed by atoms with E-state index >= 15 is 0 Å². The van der Waals surface area contributed by atoms with Crippen molar-refractivity contribution in [2.24, 2.45) is 0 Å². The molecule has 0 aromatic carbocycles. The molecule has 0 saturated heterocycles. The first-order chi connectivity index (χ1) is 12.7. The maximum Gasteiger partial charge on any atom is 0.225 e. The van der Waals surface area contributed by atoms with E-state index in [4.69, 9.17) is 0 Å². The molecule has 26 heavy (non-hydrogen) atoms. The number of anilines is 3. The molecule has 1 aliphatic carbocycles. The Bertz CT molecular complexity index is 861. The zero-order valence-electron chi connectivity index (χ0n) is 14.1. The molecular weight excluding hydrogens is 352 g/mol. The van der Waals surface area contributed by atoms with Gasteiger partial charge < -0.3 is 20.8 Å². The molecule has 3 aromatic rings. The Kier molecular flexibility index (Phi) is 4.91. The third-order valence-electron chi connectivity index (χ3n) is 4.37. The molecule has 4 N–H and O–H groups in total. The van der Waals surface area contributed by atoms with Crippen molar-refractivity contribution in [1.29, 1.82) is 0 Å². The third kappa shape index (κ3) is 3.90. The van der Waals surface area contributed by atoms with Crippen LogP contribution in [0.1, 0.15) is 31.4 Å². The van der Waals surface area contributed by atoms with Crippen molar-refractivity contribution < 1.29 is 10.2 Å². The quantitative estimate of drug-likeness (QED) is 0.540. The lowest BCUT2D eigenvalue weighted by molar-refractivity contribution is 0.126. The Labute approximate surface area is 154 Å². The predicted octanol–water partition coefficient (Wildman–Crippen LogP) is 2.43. The Morgan fingerprint density at radius 1 is 1.15 bits per heavy atom. The van der Waals surface area contributed by atoms with E-state index in [9.17, 15) is 10.2 Å². The van der Waals surface area contributed by atoms with Crippen LogP contribution in [0, 0.1) is 0 Å². The molecule has 0 radical (unpaired) electrons. The second kappa shape index (κ2) is 7.48. The summed E-state index contributed by atoms with van der Waals surface area (Å²) in [6.45, 7) is -0.170. The van der Waals surface area contributed by atoms with Crippen molar-refractivity contribution in [3.8, 4) is 0 Å². The number of aliphatic hydroxyl groups is 2. The normalized spacial score (nSPS) is 20.2. The minimum Gasteiger partial charge on any atom is -0.393 e. The molecule has 3 aromatic heterocycles. The van der Waals surface area contributed by atoms with Gasteiger partial charge in [0.15, 0.2) is 5.13 Å². The maximum atomic E-state index is 9.63. The highest BCUT2D eigenvalue weighted by atomic mass is 32.1. The second-order valence-corrected chi connectivity index (χ2v) is 7.33. The average Bonchev–Trinajstić information content (AvgIpc) is 3.05. The summed E-state index contributed by atoms with van der Waals surface area (Å²) in [5, 5.41) is 26.3. The molecule has 8 nitrogen and oxygen atoms in total. The molecule has 136 valence electrons. The van der Waals surface area contributed by atoms with Gasteiger partial charge in [0.25, 0.3) is 0 Å². The standard InChI is InChI=1S/C17H20N6O2S/c24-9-11-8-14(23-17-21-13-2-1-7-18-15(13)26-17)22-16(20-11)19-10-3-5-12(25)6-4-10/h1-2,7-8,10,12,24-25H,3-6,9H2,(H2,19,20,21,22,23). The Morgan fingerprint density at radius 2 is 2.00 bits per heavy atom. The van der Waals surface area contributed by atoms with Gasteiger partial charge in [0.05, 0.1) is 18.4 Å². The molecule has 1 fully saturated rings. The monoisotopic (exact) mass is 372 g/mol. The molecule has 3 heterocycles. The van der Waals surface area contributed by atoms with E-state index < -0.39 is 0 Å². The molecule has 0 bridgehead atoms. The van der Waals surface area contributed by atoms with E-state index in [1.165, 1.54) is 11.3 Å². The molecule has 0 amide bonds. The summed E-state index contributed by atoms with van der Waals surface area (Å²) in [4.78, 5) is 18.5. The van der Waals surface area contributed by atoms with E-state index in [1.54, 1.807) is 12.3 Å². The molecular formula is C17H20N6O2S. The summed E-state index contributed by atoms with van der Waals surface area (Å²) < 4.78 is 0. The van der Waals surface area contributed by atoms with Crippen molar-refractivity contribution in [2.75, 3.05) is 10.6 Å². The first kappa shape index (κ1) is 17.1. The van der Waals surface area contributed by atoms with Crippen LogP contribution in [0.4, 0.5) is 16.9 Å². The smallest absolute Gasteiger partial charge is 0.225 e. The predicted molar refractivity (Wildman–Crippen MR) is 101 cm³/mol. The van der Waals surface area contributed by atoms with Gasteiger partial charge in [0, 0.05) is 18.3 Å². The van der Waals surface area contributed by atoms with Crippen LogP contribution >= 0.6 is 11.3 Å². The summed E-state index contributed by atoms with van der Waals surface area (Å²) >= 11 is 1.44. The minimum atomic E-state index is -0.206. The second-order valence-electron chi connectivity index (χ2n) is 6.35. The average molecular weight is 372 g/mol. The Hall–Kier alpha value is -2.36. The topological polar surface area (TPSA) is 116 Å². The van der Waals surface area contributed by atoms with Crippen LogP contribution in [-0.2, 0) is 6.61 Å². The van der Waals surface area contributed by atoms with Crippen molar-refractivity contribution in [3.05, 3.63) is 30.1 Å². The van der Waals surface area contributed by atoms with Gasteiger partial charge in [0.2, 0.25) is 5.95 Å². The zero-order valence-corrected chi connectivity index (χ0v) is 14.9. The van der Waals surface area contributed by atoms with Crippen LogP contribution in [0.25, 0.3) is 10.3 Å². The molecule has 4 rings (SSSR count). The molecule has 9 heteroatoms. The highest BCUT2D eigenvalue weighted by Gasteiger charge is 2.20. The van der Waals surface area contributed by atoms with Crippen LogP contribution < -0.4 is 10.6 Å². The molecule has 0 atom stereocenters. The van der Waals surface area contributed by atoms with E-state index in [0.29, 0.717) is 22.6 Å². The Balaban J connectivity index is 1.53. The number of rotatable bonds is 5. The number of aromatic nitrogens is 4. The van der Waals surface area contributed by atoms with E-state index in [0.717, 1.165) is 36.0 Å². The van der Waals surface area contributed by atoms with Gasteiger partial charge in [0.1, 0.15) is 16.2 Å². The van der Waals surface area contributed by atoms with Crippen molar-refractivity contribution >= 4 is 38.6 Å². The number of nitrogens with one attached hydrogen (secondary N) is 2. The number of hydrogen-bond acceptors (Lipinski definition) is 9. The number of nitrogens with zero attached hydrogens (tertiary/aromatic N) is 4. The summed E-state index contributed by atoms with van der Waals surface area (Å²) in [6, 6.07) is 5.69. The van der Waals surface area contributed by atoms with Gasteiger partial charge in [-0.1, -0.05) is 11.3 Å². The molecule has 1 aliphatic rings. The van der Waals surface area contributed by atoms with Crippen LogP contribution in [0.15, 0.2) is 24.4 Å². The van der Waals surface area contributed by atoms with Gasteiger partial charge in [-0.05, 0) is 37.8 Å². The number of hydrogen-bond donors (Lipinski definition) is 4. The lowest BCUT2D eigenvalue weighted by Gasteiger charge is -2.26. The van der Waals surface area contributed by atoms with Gasteiger partial charge in [-0.15, -0.1) is 0 Å². The maximum absolute atomic E-state index is 9.63. The van der Waals surface area contributed by atoms with Crippen molar-refractivity contribution in [2.45, 2.75) is 44.4 Å². The SMILES string of the molecule is OCc1cc(Nc2nc3cccnc3s2)nc(NC2CCC(O)CC2)n1. The van der Waals surface area contributed by atoms with E-state index in [2.05, 4.69) is 30.6 Å². The number of thiazole rings is 1. The number of pyridine rings is 1. The summed E-state index contributed by atoms with van der Waals surface area (Å²) in [6.07, 6.45) is 4.84. The number of fused-ring (bicyclic) bond motifs is 1. The van der Waals surface area contributed by atoms with E-state index in [-0.39, 0.29) is 18.8 Å². The third-order valence-corrected chi connectivity index (χ3v) is 5.27. The van der Waals surface area contributed by atoms with Gasteiger partial charge in [-0.25, -0.2) is 15.0 Å². The fourth-order valence-corrected chi connectivity index (χ4v) is 3.86. The van der Waals surface area contributed by atoms with Crippen molar-refractivity contribution in [3.63, 3.8) is 0 Å². The first-order valence-corrected chi connectivity index (χ1v) is 9.43. The lowest BCUT2D eigenvalue weighted by atomic mass is 9.93. The van der Waals surface area contributed by atoms with Crippen LogP contribution in [0.2, 0.25) is 0 Å². The fourth-order valence-electron chi connectivity index (χ4n) is 3.04. The van der Waals surface area contributed by atoms with Gasteiger partial charge in [-0.3, -0.25) is 0 Å². The molecule has 0 aliphatic heterocycles. The van der Waals surface area contributed by atoms with E-state index in [1.807, 2.05) is 12.1 Å². The van der Waals surface area contributed by atoms with Gasteiger partial charge in [-0.2, -0.15) is 4.98 Å². The fraction of sp³-hybridized carbons (Fsp3) is 0.412. The Morgan fingerprint density at radius 3 is 2.77 bits per heavy atom. The zero-order chi connectivity index (χ0) is 17.9. The lowest BCUT2D eigenvalue weighted by Crippen LogP contribution is -2.29. The van der Waals surface area contributed by atoms with Crippen molar-refractivity contribution in [1.82, 2.24) is 19.9 Å². The highest BCUT2D eigenvalue weighted by molar-refractivity contribution is 7.21. The highest BCUT2D eigenvalue weighted by Crippen LogP contribution is 2.27. The summed E-state index contributed by atoms with van der Waals surface area (Å²) in [5.41, 5.74) is 1.36. The molecule has 0 spiro atoms. The van der Waals surface area contributed by atoms with Crippen LogP contribution in [-0.4, -0.2) is 42.3 Å². The largest absolute Gasteiger partial charge is 0.393 e. The molecule has 0 unspecified atom stereocenters. The van der Waals surface area contributed by atoms with Crippen LogP contribution in [0.5, 0.6) is 0 Å². The minimum absolute atomic E-state index is 0.170. The summed E-state index contributed by atoms with van der Waals surface area (Å²) in [5.74, 6) is 1.04. The first-order valence-electron chi connectivity index (χ1n) is 8.61. The summed E-state index contributed by atoms with van der Waals surface area (Å²) in [7, 11) is 0. The van der Waals surface area contributed by atoms with Gasteiger partial charge >= 0.3 is 0 Å². The van der Waals surface area contributed by atoms with Crippen LogP contribution in [0.3, 0.4) is 0 Å². The molecule has 1 saturated carbocycles.